The highest BCUT2D eigenvalue weighted by Crippen LogP contribution is 1.91. The van der Waals surface area contributed by atoms with Crippen LogP contribution in [0.25, 0.3) is 0 Å². The number of nitrogens with zero attached hydrogens (tertiary/aromatic N) is 4. The molecule has 0 fully saturated rings. The van der Waals surface area contributed by atoms with E-state index in [1.54, 1.807) is 49.1 Å². The predicted octanol–water partition coefficient (Wildman–Crippen LogP) is 0.0770. The smallest absolute Gasteiger partial charge is 0.265 e. The summed E-state index contributed by atoms with van der Waals surface area (Å²) in [7, 11) is 0. The average molecular weight is 296 g/mol. The van der Waals surface area contributed by atoms with E-state index in [9.17, 15) is 9.59 Å². The normalized spacial score (nSPS) is 10.7. The van der Waals surface area contributed by atoms with Gasteiger partial charge >= 0.3 is 11.8 Å². The Kier molecular flexibility index (Phi) is 5.45. The number of amides is 2. The number of nitrogens with one attached hydrogen (secondary N) is 2. The molecule has 0 aliphatic rings. The number of carbonyl (C=O) groups is 2. The van der Waals surface area contributed by atoms with E-state index in [0.717, 1.165) is 11.1 Å². The van der Waals surface area contributed by atoms with Crippen LogP contribution in [-0.2, 0) is 9.59 Å². The third-order valence-corrected chi connectivity index (χ3v) is 2.38. The maximum Gasteiger partial charge on any atom is 0.331 e. The molecule has 22 heavy (non-hydrogen) atoms. The van der Waals surface area contributed by atoms with E-state index < -0.39 is 11.8 Å². The van der Waals surface area contributed by atoms with Crippen LogP contribution in [0.1, 0.15) is 11.1 Å². The van der Waals surface area contributed by atoms with Crippen LogP contribution in [0.3, 0.4) is 0 Å². The van der Waals surface area contributed by atoms with Crippen molar-refractivity contribution in [1.29, 1.82) is 0 Å². The zero-order chi connectivity index (χ0) is 15.6. The highest BCUT2D eigenvalue weighted by atomic mass is 16.2. The molecule has 0 aromatic carbocycles. The molecule has 2 aromatic heterocycles. The molecule has 0 aliphatic carbocycles. The van der Waals surface area contributed by atoms with Crippen molar-refractivity contribution in [2.75, 3.05) is 0 Å². The predicted molar refractivity (Wildman–Crippen MR) is 79.9 cm³/mol. The first-order chi connectivity index (χ1) is 10.8. The molecule has 0 unspecified atom stereocenters. The number of hydrogen-bond acceptors (Lipinski definition) is 6. The Hall–Kier alpha value is -3.42. The van der Waals surface area contributed by atoms with E-state index in [4.69, 9.17) is 0 Å². The van der Waals surface area contributed by atoms with Gasteiger partial charge in [0.2, 0.25) is 0 Å². The second kappa shape index (κ2) is 8.00. The van der Waals surface area contributed by atoms with Crippen molar-refractivity contribution >= 4 is 24.2 Å². The number of rotatable bonds is 4. The summed E-state index contributed by atoms with van der Waals surface area (Å²) in [5.74, 6) is -1.84. The summed E-state index contributed by atoms with van der Waals surface area (Å²) in [6, 6.07) is 6.81. The number of aromatic nitrogens is 2. The highest BCUT2D eigenvalue weighted by Gasteiger charge is 2.10. The fraction of sp³-hybridized carbons (Fsp3) is 0. The van der Waals surface area contributed by atoms with Crippen LogP contribution in [0.5, 0.6) is 0 Å². The van der Waals surface area contributed by atoms with Crippen molar-refractivity contribution in [2.45, 2.75) is 0 Å². The van der Waals surface area contributed by atoms with Crippen LogP contribution in [0.15, 0.2) is 59.3 Å². The maximum atomic E-state index is 11.4. The van der Waals surface area contributed by atoms with Crippen LogP contribution in [-0.4, -0.2) is 34.2 Å². The van der Waals surface area contributed by atoms with Crippen molar-refractivity contribution in [3.8, 4) is 0 Å². The van der Waals surface area contributed by atoms with Gasteiger partial charge < -0.3 is 0 Å². The van der Waals surface area contributed by atoms with Crippen LogP contribution >= 0.6 is 0 Å². The summed E-state index contributed by atoms with van der Waals surface area (Å²) >= 11 is 0. The minimum atomic E-state index is -0.919. The molecule has 0 bridgehead atoms. The summed E-state index contributed by atoms with van der Waals surface area (Å²) in [6.07, 6.45) is 9.14. The minimum Gasteiger partial charge on any atom is -0.265 e. The fourth-order valence-electron chi connectivity index (χ4n) is 1.33. The molecule has 0 atom stereocenters. The van der Waals surface area contributed by atoms with Gasteiger partial charge in [0.15, 0.2) is 0 Å². The third kappa shape index (κ3) is 4.93. The molecule has 2 rings (SSSR count). The molecule has 2 amide bonds. The van der Waals surface area contributed by atoms with Crippen LogP contribution in [0.2, 0.25) is 0 Å². The summed E-state index contributed by atoms with van der Waals surface area (Å²) in [5, 5.41) is 7.31. The molecule has 2 aromatic rings. The van der Waals surface area contributed by atoms with E-state index in [2.05, 4.69) is 31.0 Å². The van der Waals surface area contributed by atoms with Gasteiger partial charge in [-0.2, -0.15) is 10.2 Å². The lowest BCUT2D eigenvalue weighted by Crippen LogP contribution is -2.35. The zero-order valence-electron chi connectivity index (χ0n) is 11.4. The lowest BCUT2D eigenvalue weighted by atomic mass is 10.3. The molecule has 0 aliphatic heterocycles. The fourth-order valence-corrected chi connectivity index (χ4v) is 1.33. The number of hydrazone groups is 2. The van der Waals surface area contributed by atoms with Gasteiger partial charge in [0.25, 0.3) is 0 Å². The first kappa shape index (κ1) is 15.0. The number of pyridine rings is 2. The Bertz CT molecular complexity index is 623. The molecular weight excluding hydrogens is 284 g/mol. The Morgan fingerprint density at radius 3 is 1.50 bits per heavy atom. The van der Waals surface area contributed by atoms with Crippen LogP contribution in [0.4, 0.5) is 0 Å². The molecular formula is C14H12N6O2. The molecule has 2 N–H and O–H groups in total. The van der Waals surface area contributed by atoms with Gasteiger partial charge in [-0.1, -0.05) is 0 Å². The van der Waals surface area contributed by atoms with Crippen molar-refractivity contribution in [3.63, 3.8) is 0 Å². The first-order valence-corrected chi connectivity index (χ1v) is 6.22. The van der Waals surface area contributed by atoms with Gasteiger partial charge in [0.05, 0.1) is 12.4 Å². The van der Waals surface area contributed by atoms with E-state index in [1.165, 1.54) is 12.4 Å². The largest absolute Gasteiger partial charge is 0.331 e. The van der Waals surface area contributed by atoms with Gasteiger partial charge in [-0.15, -0.1) is 0 Å². The number of hydrogen-bond donors (Lipinski definition) is 2. The minimum absolute atomic E-state index is 0.742. The molecule has 0 spiro atoms. The van der Waals surface area contributed by atoms with Gasteiger partial charge in [-0.25, -0.2) is 10.9 Å². The van der Waals surface area contributed by atoms with Gasteiger partial charge in [0, 0.05) is 24.8 Å². The van der Waals surface area contributed by atoms with Crippen LogP contribution < -0.4 is 10.9 Å². The van der Waals surface area contributed by atoms with Gasteiger partial charge in [0.1, 0.15) is 0 Å². The van der Waals surface area contributed by atoms with Crippen molar-refractivity contribution in [1.82, 2.24) is 20.8 Å². The van der Waals surface area contributed by atoms with Crippen molar-refractivity contribution < 1.29 is 9.59 Å². The number of carbonyl (C=O) groups excluding carboxylic acids is 2. The molecule has 8 heteroatoms. The van der Waals surface area contributed by atoms with E-state index in [0.29, 0.717) is 0 Å². The molecule has 0 saturated heterocycles. The topological polar surface area (TPSA) is 109 Å². The molecule has 8 nitrogen and oxygen atoms in total. The molecule has 110 valence electrons. The average Bonchev–Trinajstić information content (AvgIpc) is 2.56. The molecule has 0 saturated carbocycles. The Morgan fingerprint density at radius 1 is 0.773 bits per heavy atom. The van der Waals surface area contributed by atoms with Gasteiger partial charge in [-0.05, 0) is 35.4 Å². The quantitative estimate of drug-likeness (QED) is 0.473. The van der Waals surface area contributed by atoms with Crippen LogP contribution in [0, 0.1) is 0 Å². The first-order valence-electron chi connectivity index (χ1n) is 6.22. The third-order valence-electron chi connectivity index (χ3n) is 2.38. The lowest BCUT2D eigenvalue weighted by molar-refractivity contribution is -0.139. The maximum absolute atomic E-state index is 11.4. The molecule has 0 radical (unpaired) electrons. The second-order valence-electron chi connectivity index (χ2n) is 3.96. The summed E-state index contributed by atoms with van der Waals surface area (Å²) < 4.78 is 0. The summed E-state index contributed by atoms with van der Waals surface area (Å²) in [4.78, 5) is 30.6. The van der Waals surface area contributed by atoms with Gasteiger partial charge in [-0.3, -0.25) is 19.6 Å². The lowest BCUT2D eigenvalue weighted by Gasteiger charge is -1.98. The van der Waals surface area contributed by atoms with E-state index in [1.807, 2.05) is 0 Å². The summed E-state index contributed by atoms with van der Waals surface area (Å²) in [6.45, 7) is 0. The monoisotopic (exact) mass is 296 g/mol. The SMILES string of the molecule is O=C(N/N=C/c1ccncc1)C(=O)N/N=C/c1ccncc1. The highest BCUT2D eigenvalue weighted by molar-refractivity contribution is 6.35. The van der Waals surface area contributed by atoms with Crippen molar-refractivity contribution in [2.24, 2.45) is 10.2 Å². The van der Waals surface area contributed by atoms with E-state index >= 15 is 0 Å². The second-order valence-corrected chi connectivity index (χ2v) is 3.96. The Balaban J connectivity index is 1.79. The Morgan fingerprint density at radius 2 is 1.14 bits per heavy atom. The standard InChI is InChI=1S/C14H12N6O2/c21-13(19-17-9-11-1-5-15-6-2-11)14(22)20-18-10-12-3-7-16-8-4-12/h1-10H,(H,19,21)(H,20,22)/b17-9+,18-10+. The summed E-state index contributed by atoms with van der Waals surface area (Å²) in [5.41, 5.74) is 5.67. The van der Waals surface area contributed by atoms with Crippen molar-refractivity contribution in [3.05, 3.63) is 60.2 Å². The molecule has 2 heterocycles. The Labute approximate surface area is 126 Å². The zero-order valence-corrected chi connectivity index (χ0v) is 11.4. The van der Waals surface area contributed by atoms with E-state index in [-0.39, 0.29) is 0 Å².